The largest absolute Gasteiger partial charge is 0.348 e. The van der Waals surface area contributed by atoms with Gasteiger partial charge in [0.2, 0.25) is 10.0 Å². The SMILES string of the molecule is CCCNS(=O)(=O)c1ccccc1C(=O)N[C@H](CCl)C(C)C. The summed E-state index contributed by atoms with van der Waals surface area (Å²) < 4.78 is 27.1. The van der Waals surface area contributed by atoms with Gasteiger partial charge in [-0.05, 0) is 24.5 Å². The molecule has 1 atom stereocenters. The molecule has 0 fully saturated rings. The molecule has 124 valence electrons. The Labute approximate surface area is 137 Å². The molecule has 5 nitrogen and oxygen atoms in total. The summed E-state index contributed by atoms with van der Waals surface area (Å²) in [5.74, 6) is -0.00729. The van der Waals surface area contributed by atoms with Gasteiger partial charge in [-0.1, -0.05) is 32.9 Å². The van der Waals surface area contributed by atoms with Gasteiger partial charge in [0.15, 0.2) is 0 Å². The Morgan fingerprint density at radius 1 is 1.27 bits per heavy atom. The van der Waals surface area contributed by atoms with E-state index >= 15 is 0 Å². The number of alkyl halides is 1. The standard InChI is InChI=1S/C15H23ClN2O3S/c1-4-9-17-22(20,21)14-8-6-5-7-12(14)15(19)18-13(10-16)11(2)3/h5-8,11,13,17H,4,9-10H2,1-3H3,(H,18,19)/t13-/m1/s1. The van der Waals surface area contributed by atoms with E-state index in [1.165, 1.54) is 12.1 Å². The summed E-state index contributed by atoms with van der Waals surface area (Å²) >= 11 is 5.85. The van der Waals surface area contributed by atoms with Gasteiger partial charge in [-0.2, -0.15) is 0 Å². The molecule has 1 amide bonds. The molecule has 1 rings (SSSR count). The second kappa shape index (κ2) is 8.50. The van der Waals surface area contributed by atoms with Gasteiger partial charge in [0, 0.05) is 18.5 Å². The number of rotatable bonds is 8. The number of carbonyl (C=O) groups excluding carboxylic acids is 1. The molecular weight excluding hydrogens is 324 g/mol. The average Bonchev–Trinajstić information content (AvgIpc) is 2.50. The lowest BCUT2D eigenvalue weighted by atomic mass is 10.1. The molecule has 0 saturated carbocycles. The topological polar surface area (TPSA) is 75.3 Å². The first-order chi connectivity index (χ1) is 10.3. The highest BCUT2D eigenvalue weighted by Gasteiger charge is 2.23. The lowest BCUT2D eigenvalue weighted by molar-refractivity contribution is 0.0928. The van der Waals surface area contributed by atoms with Crippen LogP contribution >= 0.6 is 11.6 Å². The van der Waals surface area contributed by atoms with Crippen molar-refractivity contribution in [1.82, 2.24) is 10.0 Å². The summed E-state index contributed by atoms with van der Waals surface area (Å²) in [5.41, 5.74) is 0.127. The smallest absolute Gasteiger partial charge is 0.252 e. The zero-order chi connectivity index (χ0) is 16.8. The molecule has 1 aromatic rings. The van der Waals surface area contributed by atoms with Crippen molar-refractivity contribution in [2.75, 3.05) is 12.4 Å². The Morgan fingerprint density at radius 3 is 2.45 bits per heavy atom. The van der Waals surface area contributed by atoms with E-state index in [-0.39, 0.29) is 28.3 Å². The minimum Gasteiger partial charge on any atom is -0.348 e. The van der Waals surface area contributed by atoms with Crippen LogP contribution < -0.4 is 10.0 Å². The second-order valence-corrected chi connectivity index (χ2v) is 7.42. The van der Waals surface area contributed by atoms with Gasteiger partial charge in [0.05, 0.1) is 10.5 Å². The van der Waals surface area contributed by atoms with E-state index in [9.17, 15) is 13.2 Å². The van der Waals surface area contributed by atoms with Crippen LogP contribution in [0.25, 0.3) is 0 Å². The third kappa shape index (κ3) is 4.97. The molecule has 1 aromatic carbocycles. The molecule has 0 aliphatic rings. The van der Waals surface area contributed by atoms with Gasteiger partial charge < -0.3 is 5.32 Å². The number of hydrogen-bond acceptors (Lipinski definition) is 3. The normalized spacial score (nSPS) is 13.1. The molecular formula is C15H23ClN2O3S. The molecule has 0 aliphatic carbocycles. The van der Waals surface area contributed by atoms with Crippen LogP contribution in [0.3, 0.4) is 0 Å². The molecule has 0 saturated heterocycles. The van der Waals surface area contributed by atoms with Gasteiger partial charge in [0.1, 0.15) is 0 Å². The molecule has 0 unspecified atom stereocenters. The Hall–Kier alpha value is -1.11. The zero-order valence-electron chi connectivity index (χ0n) is 13.1. The Balaban J connectivity index is 3.08. The van der Waals surface area contributed by atoms with Crippen LogP contribution in [0.5, 0.6) is 0 Å². The molecule has 0 aliphatic heterocycles. The minimum absolute atomic E-state index is 0.0157. The van der Waals surface area contributed by atoms with Crippen LogP contribution in [0.1, 0.15) is 37.6 Å². The monoisotopic (exact) mass is 346 g/mol. The number of hydrogen-bond donors (Lipinski definition) is 2. The van der Waals surface area contributed by atoms with E-state index in [4.69, 9.17) is 11.6 Å². The second-order valence-electron chi connectivity index (χ2n) is 5.37. The summed E-state index contributed by atoms with van der Waals surface area (Å²) in [5, 5.41) is 2.79. The van der Waals surface area contributed by atoms with Crippen molar-refractivity contribution < 1.29 is 13.2 Å². The van der Waals surface area contributed by atoms with Crippen molar-refractivity contribution in [3.8, 4) is 0 Å². The van der Waals surface area contributed by atoms with Gasteiger partial charge in [-0.15, -0.1) is 11.6 Å². The maximum absolute atomic E-state index is 12.4. The van der Waals surface area contributed by atoms with Gasteiger partial charge in [0.25, 0.3) is 5.91 Å². The summed E-state index contributed by atoms with van der Waals surface area (Å²) in [6.45, 7) is 6.08. The van der Waals surface area contributed by atoms with E-state index in [2.05, 4.69) is 10.0 Å². The van der Waals surface area contributed by atoms with Crippen LogP contribution in [-0.2, 0) is 10.0 Å². The number of nitrogens with one attached hydrogen (secondary N) is 2. The molecule has 0 heterocycles. The quantitative estimate of drug-likeness (QED) is 0.709. The summed E-state index contributed by atoms with van der Waals surface area (Å²) in [6, 6.07) is 5.95. The highest BCUT2D eigenvalue weighted by atomic mass is 35.5. The number of sulfonamides is 1. The molecule has 0 aromatic heterocycles. The van der Waals surface area contributed by atoms with Gasteiger partial charge in [-0.3, -0.25) is 4.79 Å². The highest BCUT2D eigenvalue weighted by Crippen LogP contribution is 2.16. The first-order valence-electron chi connectivity index (χ1n) is 7.29. The lowest BCUT2D eigenvalue weighted by Crippen LogP contribution is -2.40. The lowest BCUT2D eigenvalue weighted by Gasteiger charge is -2.20. The predicted molar refractivity (Wildman–Crippen MR) is 88.7 cm³/mol. The third-order valence-corrected chi connectivity index (χ3v) is 5.10. The van der Waals surface area contributed by atoms with Crippen LogP contribution in [0.15, 0.2) is 29.2 Å². The fourth-order valence-electron chi connectivity index (χ4n) is 1.83. The van der Waals surface area contributed by atoms with Gasteiger partial charge >= 0.3 is 0 Å². The van der Waals surface area contributed by atoms with E-state index < -0.39 is 15.9 Å². The number of benzene rings is 1. The molecule has 0 bridgehead atoms. The molecule has 7 heteroatoms. The van der Waals surface area contributed by atoms with Crippen molar-refractivity contribution in [2.45, 2.75) is 38.1 Å². The van der Waals surface area contributed by atoms with Crippen molar-refractivity contribution >= 4 is 27.5 Å². The summed E-state index contributed by atoms with van der Waals surface area (Å²) in [6.07, 6.45) is 0.676. The fourth-order valence-corrected chi connectivity index (χ4v) is 3.60. The van der Waals surface area contributed by atoms with E-state index in [0.29, 0.717) is 13.0 Å². The maximum Gasteiger partial charge on any atom is 0.252 e. The Morgan fingerprint density at radius 2 is 1.91 bits per heavy atom. The number of amides is 1. The highest BCUT2D eigenvalue weighted by molar-refractivity contribution is 7.89. The minimum atomic E-state index is -3.70. The van der Waals surface area contributed by atoms with Crippen LogP contribution in [0.2, 0.25) is 0 Å². The van der Waals surface area contributed by atoms with Crippen LogP contribution in [0.4, 0.5) is 0 Å². The number of halogens is 1. The molecule has 0 radical (unpaired) electrons. The third-order valence-electron chi connectivity index (χ3n) is 3.25. The summed E-state index contributed by atoms with van der Waals surface area (Å²) in [7, 11) is -3.70. The van der Waals surface area contributed by atoms with Crippen molar-refractivity contribution in [2.24, 2.45) is 5.92 Å². The average molecular weight is 347 g/mol. The van der Waals surface area contributed by atoms with E-state index in [1.807, 2.05) is 20.8 Å². The van der Waals surface area contributed by atoms with Crippen molar-refractivity contribution in [3.05, 3.63) is 29.8 Å². The van der Waals surface area contributed by atoms with E-state index in [1.54, 1.807) is 12.1 Å². The van der Waals surface area contributed by atoms with Crippen molar-refractivity contribution in [3.63, 3.8) is 0 Å². The zero-order valence-corrected chi connectivity index (χ0v) is 14.7. The maximum atomic E-state index is 12.4. The van der Waals surface area contributed by atoms with Crippen LogP contribution in [-0.4, -0.2) is 32.8 Å². The Bertz CT molecular complexity index is 603. The number of carbonyl (C=O) groups is 1. The van der Waals surface area contributed by atoms with Crippen LogP contribution in [0, 0.1) is 5.92 Å². The molecule has 22 heavy (non-hydrogen) atoms. The van der Waals surface area contributed by atoms with E-state index in [0.717, 1.165) is 0 Å². The Kier molecular flexibility index (Phi) is 7.32. The molecule has 2 N–H and O–H groups in total. The van der Waals surface area contributed by atoms with Crippen molar-refractivity contribution in [1.29, 1.82) is 0 Å². The first-order valence-corrected chi connectivity index (χ1v) is 9.30. The first kappa shape index (κ1) is 18.9. The molecule has 0 spiro atoms. The summed E-state index contributed by atoms with van der Waals surface area (Å²) in [4.78, 5) is 12.4. The van der Waals surface area contributed by atoms with Gasteiger partial charge in [-0.25, -0.2) is 13.1 Å². The fraction of sp³-hybridized carbons (Fsp3) is 0.533. The predicted octanol–water partition coefficient (Wildman–Crippen LogP) is 2.37.